The Kier molecular flexibility index (Phi) is 2.87. The van der Waals surface area contributed by atoms with Gasteiger partial charge in [0.25, 0.3) is 0 Å². The molecule has 6 heteroatoms. The summed E-state index contributed by atoms with van der Waals surface area (Å²) in [5.74, 6) is -0.462. The Balaban J connectivity index is 2.16. The number of cyclic esters (lactones) is 1. The van der Waals surface area contributed by atoms with Crippen LogP contribution in [0.3, 0.4) is 0 Å². The predicted molar refractivity (Wildman–Crippen MR) is 38.4 cm³/mol. The van der Waals surface area contributed by atoms with Gasteiger partial charge in [0.15, 0.2) is 0 Å². The number of aliphatic hydroxyl groups is 1. The van der Waals surface area contributed by atoms with E-state index in [1.54, 1.807) is 0 Å². The number of hydrogen-bond acceptors (Lipinski definition) is 4. The summed E-state index contributed by atoms with van der Waals surface area (Å²) in [6.07, 6.45) is -0.474. The van der Waals surface area contributed by atoms with Crippen LogP contribution in [0.2, 0.25) is 0 Å². The molecule has 1 aliphatic heterocycles. The number of ether oxygens (including phenoxy) is 1. The minimum absolute atomic E-state index is 0.187. The van der Waals surface area contributed by atoms with Gasteiger partial charge in [-0.2, -0.15) is 0 Å². The van der Waals surface area contributed by atoms with E-state index in [4.69, 9.17) is 5.11 Å². The maximum atomic E-state index is 10.5. The zero-order chi connectivity index (χ0) is 8.97. The molecule has 12 heavy (non-hydrogen) atoms. The van der Waals surface area contributed by atoms with E-state index in [2.05, 4.69) is 15.4 Å². The normalized spacial score (nSPS) is 21.4. The maximum Gasteiger partial charge on any atom is 0.407 e. The minimum Gasteiger partial charge on any atom is -0.447 e. The van der Waals surface area contributed by atoms with Gasteiger partial charge in [0.2, 0.25) is 5.91 Å². The first-order valence-corrected chi connectivity index (χ1v) is 3.53. The molecule has 1 aliphatic rings. The fourth-order valence-corrected chi connectivity index (χ4v) is 0.829. The molecule has 0 bridgehead atoms. The Morgan fingerprint density at radius 2 is 2.58 bits per heavy atom. The Labute approximate surface area is 68.9 Å². The van der Waals surface area contributed by atoms with Crippen LogP contribution in [0.25, 0.3) is 0 Å². The number of hydrogen-bond donors (Lipinski definition) is 3. The van der Waals surface area contributed by atoms with E-state index >= 15 is 0 Å². The van der Waals surface area contributed by atoms with Crippen molar-refractivity contribution >= 4 is 12.0 Å². The monoisotopic (exact) mass is 174 g/mol. The second-order valence-corrected chi connectivity index (χ2v) is 2.40. The molecule has 1 unspecified atom stereocenters. The average molecular weight is 174 g/mol. The molecule has 6 nitrogen and oxygen atoms in total. The molecular formula is C6H10N2O4. The van der Waals surface area contributed by atoms with Gasteiger partial charge in [-0.3, -0.25) is 4.79 Å². The molecule has 1 atom stereocenters. The summed E-state index contributed by atoms with van der Waals surface area (Å²) in [6, 6.07) is -0.187. The second kappa shape index (κ2) is 3.91. The van der Waals surface area contributed by atoms with Crippen molar-refractivity contribution in [3.05, 3.63) is 0 Å². The van der Waals surface area contributed by atoms with Crippen molar-refractivity contribution in [1.82, 2.24) is 10.6 Å². The molecule has 0 aromatic carbocycles. The highest BCUT2D eigenvalue weighted by molar-refractivity contribution is 5.77. The molecule has 68 valence electrons. The molecule has 1 heterocycles. The van der Waals surface area contributed by atoms with Crippen molar-refractivity contribution in [2.24, 2.45) is 0 Å². The van der Waals surface area contributed by atoms with Crippen molar-refractivity contribution < 1.29 is 19.4 Å². The van der Waals surface area contributed by atoms with Gasteiger partial charge in [-0.05, 0) is 0 Å². The number of amides is 2. The van der Waals surface area contributed by atoms with Gasteiger partial charge in [0.1, 0.15) is 13.2 Å². The zero-order valence-corrected chi connectivity index (χ0v) is 6.37. The summed E-state index contributed by atoms with van der Waals surface area (Å²) >= 11 is 0. The lowest BCUT2D eigenvalue weighted by Crippen LogP contribution is -2.40. The van der Waals surface area contributed by atoms with Gasteiger partial charge in [0, 0.05) is 6.54 Å². The number of carbonyl (C=O) groups is 2. The molecule has 0 radical (unpaired) electrons. The van der Waals surface area contributed by atoms with Crippen LogP contribution in [0.15, 0.2) is 0 Å². The standard InChI is InChI=1S/C6H10N2O4/c9-2-5(10)7-1-4-3-12-6(11)8-4/h4,9H,1-3H2,(H,7,10)(H,8,11). The van der Waals surface area contributed by atoms with Crippen LogP contribution < -0.4 is 10.6 Å². The van der Waals surface area contributed by atoms with E-state index < -0.39 is 18.6 Å². The molecule has 2 amide bonds. The minimum atomic E-state index is -0.540. The van der Waals surface area contributed by atoms with E-state index in [0.29, 0.717) is 0 Å². The zero-order valence-electron chi connectivity index (χ0n) is 6.37. The third-order valence-corrected chi connectivity index (χ3v) is 1.43. The van der Waals surface area contributed by atoms with Crippen LogP contribution >= 0.6 is 0 Å². The van der Waals surface area contributed by atoms with Gasteiger partial charge >= 0.3 is 6.09 Å². The van der Waals surface area contributed by atoms with E-state index in [-0.39, 0.29) is 19.2 Å². The largest absolute Gasteiger partial charge is 0.447 e. The molecular weight excluding hydrogens is 164 g/mol. The maximum absolute atomic E-state index is 10.5. The summed E-state index contributed by atoms with van der Waals surface area (Å²) in [4.78, 5) is 21.0. The number of alkyl carbamates (subject to hydrolysis) is 1. The van der Waals surface area contributed by atoms with Crippen LogP contribution in [0.5, 0.6) is 0 Å². The highest BCUT2D eigenvalue weighted by atomic mass is 16.6. The van der Waals surface area contributed by atoms with Crippen LogP contribution in [-0.4, -0.2) is 42.9 Å². The lowest BCUT2D eigenvalue weighted by atomic mass is 10.3. The van der Waals surface area contributed by atoms with Gasteiger partial charge < -0.3 is 20.5 Å². The molecule has 0 saturated carbocycles. The summed E-state index contributed by atoms with van der Waals surface area (Å²) in [7, 11) is 0. The first-order chi connectivity index (χ1) is 5.72. The quantitative estimate of drug-likeness (QED) is 0.471. The molecule has 0 aromatic rings. The van der Waals surface area contributed by atoms with Crippen LogP contribution in [0.1, 0.15) is 0 Å². The third-order valence-electron chi connectivity index (χ3n) is 1.43. The van der Waals surface area contributed by atoms with E-state index in [1.165, 1.54) is 0 Å². The topological polar surface area (TPSA) is 87.7 Å². The van der Waals surface area contributed by atoms with Gasteiger partial charge in [0.05, 0.1) is 6.04 Å². The fraction of sp³-hybridized carbons (Fsp3) is 0.667. The molecule has 1 saturated heterocycles. The predicted octanol–water partition coefficient (Wildman–Crippen LogP) is -1.80. The molecule has 0 aromatic heterocycles. The highest BCUT2D eigenvalue weighted by Gasteiger charge is 2.21. The van der Waals surface area contributed by atoms with Gasteiger partial charge in [-0.25, -0.2) is 4.79 Å². The van der Waals surface area contributed by atoms with Crippen LogP contribution in [0.4, 0.5) is 4.79 Å². The summed E-state index contributed by atoms with van der Waals surface area (Å²) in [5, 5.41) is 13.2. The van der Waals surface area contributed by atoms with Crippen molar-refractivity contribution in [1.29, 1.82) is 0 Å². The van der Waals surface area contributed by atoms with Crippen LogP contribution in [0, 0.1) is 0 Å². The summed E-state index contributed by atoms with van der Waals surface area (Å²) in [5.41, 5.74) is 0. The van der Waals surface area contributed by atoms with Gasteiger partial charge in [-0.1, -0.05) is 0 Å². The lowest BCUT2D eigenvalue weighted by Gasteiger charge is -2.07. The molecule has 3 N–H and O–H groups in total. The number of aliphatic hydroxyl groups excluding tert-OH is 1. The average Bonchev–Trinajstić information content (AvgIpc) is 2.47. The van der Waals surface area contributed by atoms with Crippen molar-refractivity contribution in [3.63, 3.8) is 0 Å². The molecule has 0 aliphatic carbocycles. The second-order valence-electron chi connectivity index (χ2n) is 2.40. The Hall–Kier alpha value is -1.30. The molecule has 1 fully saturated rings. The van der Waals surface area contributed by atoms with E-state index in [9.17, 15) is 9.59 Å². The first-order valence-electron chi connectivity index (χ1n) is 3.53. The summed E-state index contributed by atoms with van der Waals surface area (Å²) in [6.45, 7) is -0.00278. The van der Waals surface area contributed by atoms with Crippen molar-refractivity contribution in [3.8, 4) is 0 Å². The highest BCUT2D eigenvalue weighted by Crippen LogP contribution is 1.95. The van der Waals surface area contributed by atoms with Crippen LogP contribution in [-0.2, 0) is 9.53 Å². The Morgan fingerprint density at radius 1 is 1.83 bits per heavy atom. The third kappa shape index (κ3) is 2.39. The van der Waals surface area contributed by atoms with Crippen molar-refractivity contribution in [2.75, 3.05) is 19.8 Å². The number of carbonyl (C=O) groups excluding carboxylic acids is 2. The summed E-state index contributed by atoms with van der Waals surface area (Å²) < 4.78 is 4.57. The Morgan fingerprint density at radius 3 is 3.08 bits per heavy atom. The van der Waals surface area contributed by atoms with E-state index in [1.807, 2.05) is 0 Å². The SMILES string of the molecule is O=C(CO)NCC1COC(=O)N1. The fourth-order valence-electron chi connectivity index (χ4n) is 0.829. The lowest BCUT2D eigenvalue weighted by molar-refractivity contribution is -0.123. The first kappa shape index (κ1) is 8.79. The Bertz CT molecular complexity index is 194. The van der Waals surface area contributed by atoms with E-state index in [0.717, 1.165) is 0 Å². The molecule has 0 spiro atoms. The molecule has 1 rings (SSSR count). The smallest absolute Gasteiger partial charge is 0.407 e. The van der Waals surface area contributed by atoms with Gasteiger partial charge in [-0.15, -0.1) is 0 Å². The number of rotatable bonds is 3. The van der Waals surface area contributed by atoms with Crippen molar-refractivity contribution in [2.45, 2.75) is 6.04 Å². The number of nitrogens with one attached hydrogen (secondary N) is 2.